The van der Waals surface area contributed by atoms with Gasteiger partial charge in [0, 0.05) is 23.0 Å². The summed E-state index contributed by atoms with van der Waals surface area (Å²) in [5, 5.41) is 8.85. The number of benzene rings is 1. The molecule has 25 heavy (non-hydrogen) atoms. The summed E-state index contributed by atoms with van der Waals surface area (Å²) in [6.07, 6.45) is 1.93. The number of hydrogen-bond acceptors (Lipinski definition) is 7. The van der Waals surface area contributed by atoms with Gasteiger partial charge < -0.3 is 13.9 Å². The first-order valence-electron chi connectivity index (χ1n) is 8.31. The summed E-state index contributed by atoms with van der Waals surface area (Å²) in [5.74, 6) is 2.03. The van der Waals surface area contributed by atoms with Crippen LogP contribution in [0.1, 0.15) is 50.4 Å². The maximum absolute atomic E-state index is 6.04. The van der Waals surface area contributed by atoms with Crippen molar-refractivity contribution in [2.75, 3.05) is 11.4 Å². The predicted molar refractivity (Wildman–Crippen MR) is 92.5 cm³/mol. The fourth-order valence-electron chi connectivity index (χ4n) is 2.96. The summed E-state index contributed by atoms with van der Waals surface area (Å²) >= 11 is 6.04. The number of rotatable bonds is 4. The van der Waals surface area contributed by atoms with Crippen LogP contribution in [0, 0.1) is 0 Å². The minimum absolute atomic E-state index is 0.0103. The second kappa shape index (κ2) is 6.48. The molecule has 1 aliphatic heterocycles. The highest BCUT2D eigenvalue weighted by atomic mass is 35.5. The molecule has 0 saturated carbocycles. The van der Waals surface area contributed by atoms with Crippen LogP contribution in [0.3, 0.4) is 0 Å². The lowest BCUT2D eigenvalue weighted by Crippen LogP contribution is -2.23. The van der Waals surface area contributed by atoms with Crippen LogP contribution in [0.25, 0.3) is 11.4 Å². The van der Waals surface area contributed by atoms with Gasteiger partial charge in [0.2, 0.25) is 11.7 Å². The first-order valence-corrected chi connectivity index (χ1v) is 8.69. The van der Waals surface area contributed by atoms with Crippen molar-refractivity contribution in [3.8, 4) is 11.4 Å². The first kappa shape index (κ1) is 16.1. The van der Waals surface area contributed by atoms with Crippen molar-refractivity contribution in [2.45, 2.75) is 38.6 Å². The molecule has 1 saturated heterocycles. The van der Waals surface area contributed by atoms with E-state index in [-0.39, 0.29) is 12.0 Å². The van der Waals surface area contributed by atoms with Crippen molar-refractivity contribution in [3.63, 3.8) is 0 Å². The second-order valence-electron chi connectivity index (χ2n) is 6.41. The van der Waals surface area contributed by atoms with E-state index in [9.17, 15) is 0 Å². The standard InChI is InChI=1S/C17H18ClN5O2/c1-10(2)16-19-15(22-24-16)13-7-4-8-23(13)17-20-14(21-25-17)11-5-3-6-12(18)9-11/h3,5-6,9-10,13H,4,7-8H2,1-2H3. The van der Waals surface area contributed by atoms with Gasteiger partial charge in [-0.1, -0.05) is 47.9 Å². The molecule has 8 heteroatoms. The predicted octanol–water partition coefficient (Wildman–Crippen LogP) is 4.24. The monoisotopic (exact) mass is 359 g/mol. The summed E-state index contributed by atoms with van der Waals surface area (Å²) in [6, 6.07) is 7.84. The molecule has 1 atom stereocenters. The molecule has 0 bridgehead atoms. The number of aromatic nitrogens is 4. The Labute approximate surface area is 150 Å². The van der Waals surface area contributed by atoms with E-state index in [1.54, 1.807) is 0 Å². The fraction of sp³-hybridized carbons (Fsp3) is 0.412. The van der Waals surface area contributed by atoms with Crippen molar-refractivity contribution < 1.29 is 9.05 Å². The molecule has 3 aromatic rings. The smallest absolute Gasteiger partial charge is 0.325 e. The Balaban J connectivity index is 1.60. The minimum Gasteiger partial charge on any atom is -0.339 e. The summed E-state index contributed by atoms with van der Waals surface area (Å²) in [4.78, 5) is 11.1. The molecule has 7 nitrogen and oxygen atoms in total. The Morgan fingerprint density at radius 1 is 1.20 bits per heavy atom. The third kappa shape index (κ3) is 3.11. The van der Waals surface area contributed by atoms with Gasteiger partial charge >= 0.3 is 6.01 Å². The van der Waals surface area contributed by atoms with Crippen molar-refractivity contribution in [1.82, 2.24) is 20.3 Å². The van der Waals surface area contributed by atoms with Crippen molar-refractivity contribution in [2.24, 2.45) is 0 Å². The zero-order valence-electron chi connectivity index (χ0n) is 14.0. The van der Waals surface area contributed by atoms with Gasteiger partial charge in [-0.05, 0) is 25.0 Å². The Bertz CT molecular complexity index is 875. The number of halogens is 1. The quantitative estimate of drug-likeness (QED) is 0.689. The molecule has 3 heterocycles. The van der Waals surface area contributed by atoms with Gasteiger partial charge in [0.15, 0.2) is 5.82 Å². The molecule has 2 aromatic heterocycles. The van der Waals surface area contributed by atoms with Gasteiger partial charge in [0.25, 0.3) is 0 Å². The summed E-state index contributed by atoms with van der Waals surface area (Å²) in [7, 11) is 0. The Morgan fingerprint density at radius 2 is 2.08 bits per heavy atom. The Hall–Kier alpha value is -2.41. The largest absolute Gasteiger partial charge is 0.339 e. The van der Waals surface area contributed by atoms with E-state index in [0.717, 1.165) is 24.9 Å². The van der Waals surface area contributed by atoms with Crippen molar-refractivity contribution >= 4 is 17.6 Å². The summed E-state index contributed by atoms with van der Waals surface area (Å²) < 4.78 is 10.8. The molecule has 0 aliphatic carbocycles. The Morgan fingerprint density at radius 3 is 2.84 bits per heavy atom. The highest BCUT2D eigenvalue weighted by Gasteiger charge is 2.33. The SMILES string of the molecule is CC(C)c1nc(C2CCCN2c2nc(-c3cccc(Cl)c3)no2)no1. The van der Waals surface area contributed by atoms with Crippen LogP contribution in [0.4, 0.5) is 6.01 Å². The third-order valence-electron chi connectivity index (χ3n) is 4.25. The molecule has 1 aliphatic rings. The van der Waals surface area contributed by atoms with Gasteiger partial charge in [0.05, 0.1) is 6.04 Å². The zero-order chi connectivity index (χ0) is 17.4. The van der Waals surface area contributed by atoms with Crippen LogP contribution in [0.5, 0.6) is 0 Å². The number of anilines is 1. The lowest BCUT2D eigenvalue weighted by Gasteiger charge is -2.18. The molecule has 4 rings (SSSR count). The molecule has 0 spiro atoms. The van der Waals surface area contributed by atoms with Gasteiger partial charge in [-0.25, -0.2) is 0 Å². The molecule has 0 amide bonds. The van der Waals surface area contributed by atoms with Gasteiger partial charge in [0.1, 0.15) is 0 Å². The molecule has 1 unspecified atom stereocenters. The van der Waals surface area contributed by atoms with Crippen LogP contribution >= 0.6 is 11.6 Å². The number of hydrogen-bond donors (Lipinski definition) is 0. The van der Waals surface area contributed by atoms with E-state index in [1.165, 1.54) is 0 Å². The highest BCUT2D eigenvalue weighted by molar-refractivity contribution is 6.30. The summed E-state index contributed by atoms with van der Waals surface area (Å²) in [5.41, 5.74) is 0.819. The maximum atomic E-state index is 6.04. The number of nitrogens with zero attached hydrogens (tertiary/aromatic N) is 5. The van der Waals surface area contributed by atoms with Crippen molar-refractivity contribution in [1.29, 1.82) is 0 Å². The average molecular weight is 360 g/mol. The van der Waals surface area contributed by atoms with Crippen LogP contribution in [-0.2, 0) is 0 Å². The highest BCUT2D eigenvalue weighted by Crippen LogP contribution is 2.35. The van der Waals surface area contributed by atoms with Crippen LogP contribution in [-0.4, -0.2) is 26.8 Å². The van der Waals surface area contributed by atoms with E-state index < -0.39 is 0 Å². The van der Waals surface area contributed by atoms with E-state index in [1.807, 2.05) is 43.0 Å². The minimum atomic E-state index is -0.0103. The molecule has 130 valence electrons. The van der Waals surface area contributed by atoms with Gasteiger partial charge in [-0.2, -0.15) is 9.97 Å². The lowest BCUT2D eigenvalue weighted by atomic mass is 10.2. The molecule has 0 N–H and O–H groups in total. The van der Waals surface area contributed by atoms with Crippen LogP contribution in [0.15, 0.2) is 33.3 Å². The Kier molecular flexibility index (Phi) is 4.17. The molecular formula is C17H18ClN5O2. The third-order valence-corrected chi connectivity index (χ3v) is 4.48. The van der Waals surface area contributed by atoms with E-state index in [0.29, 0.717) is 28.6 Å². The molecule has 0 radical (unpaired) electrons. The maximum Gasteiger partial charge on any atom is 0.325 e. The molecule has 1 fully saturated rings. The summed E-state index contributed by atoms with van der Waals surface area (Å²) in [6.45, 7) is 4.87. The first-order chi connectivity index (χ1) is 12.1. The topological polar surface area (TPSA) is 81.1 Å². The van der Waals surface area contributed by atoms with E-state index in [2.05, 4.69) is 20.3 Å². The van der Waals surface area contributed by atoms with Crippen LogP contribution < -0.4 is 4.90 Å². The van der Waals surface area contributed by atoms with Gasteiger partial charge in [-0.15, -0.1) is 0 Å². The normalized spacial score (nSPS) is 17.6. The average Bonchev–Trinajstić information content (AvgIpc) is 3.33. The second-order valence-corrected chi connectivity index (χ2v) is 6.84. The van der Waals surface area contributed by atoms with E-state index >= 15 is 0 Å². The molecular weight excluding hydrogens is 342 g/mol. The van der Waals surface area contributed by atoms with Gasteiger partial charge in [-0.3, -0.25) is 0 Å². The van der Waals surface area contributed by atoms with Crippen molar-refractivity contribution in [3.05, 3.63) is 41.0 Å². The molecule has 1 aromatic carbocycles. The van der Waals surface area contributed by atoms with Crippen LogP contribution in [0.2, 0.25) is 5.02 Å². The lowest BCUT2D eigenvalue weighted by molar-refractivity contribution is 0.356. The van der Waals surface area contributed by atoms with E-state index in [4.69, 9.17) is 20.6 Å². The fourth-order valence-corrected chi connectivity index (χ4v) is 3.15. The zero-order valence-corrected chi connectivity index (χ0v) is 14.8.